The Bertz CT molecular complexity index is 964. The van der Waals surface area contributed by atoms with E-state index in [9.17, 15) is 9.18 Å². The lowest BCUT2D eigenvalue weighted by Crippen LogP contribution is -2.40. The van der Waals surface area contributed by atoms with Gasteiger partial charge >= 0.3 is 0 Å². The van der Waals surface area contributed by atoms with Crippen LogP contribution in [0.3, 0.4) is 0 Å². The molecule has 8 heteroatoms. The number of nitrogens with two attached hydrogens (primary N) is 1. The van der Waals surface area contributed by atoms with E-state index in [1.807, 2.05) is 36.4 Å². The normalized spacial score (nSPS) is 25.6. The number of ether oxygens (including phenoxy) is 1. The molecule has 4 rings (SSSR count). The van der Waals surface area contributed by atoms with Crippen LogP contribution in [0.15, 0.2) is 55.3 Å². The number of aromatic nitrogens is 2. The van der Waals surface area contributed by atoms with E-state index < -0.39 is 23.7 Å². The molecule has 4 atom stereocenters. The third kappa shape index (κ3) is 3.91. The maximum absolute atomic E-state index is 14.5. The summed E-state index contributed by atoms with van der Waals surface area (Å²) >= 11 is 0. The number of amides is 1. The minimum absolute atomic E-state index is 0.0197. The molecule has 2 aromatic rings. The monoisotopic (exact) mass is 395 g/mol. The summed E-state index contributed by atoms with van der Waals surface area (Å²) < 4.78 is 20.2. The van der Waals surface area contributed by atoms with E-state index in [1.165, 1.54) is 0 Å². The van der Waals surface area contributed by atoms with Gasteiger partial charge in [0.25, 0.3) is 0 Å². The highest BCUT2D eigenvalue weighted by molar-refractivity contribution is 5.79. The molecule has 1 fully saturated rings. The van der Waals surface area contributed by atoms with Crippen LogP contribution in [0.4, 0.5) is 21.8 Å². The molecule has 29 heavy (non-hydrogen) atoms. The molecule has 0 spiro atoms. The average molecular weight is 395 g/mol. The smallest absolute Gasteiger partial charge is 0.229 e. The van der Waals surface area contributed by atoms with Crippen molar-refractivity contribution in [3.05, 3.63) is 61.1 Å². The van der Waals surface area contributed by atoms with Gasteiger partial charge in [-0.05, 0) is 30.4 Å². The molecule has 1 aromatic carbocycles. The summed E-state index contributed by atoms with van der Waals surface area (Å²) in [6, 6.07) is 6.91. The van der Waals surface area contributed by atoms with Crippen molar-refractivity contribution in [2.45, 2.75) is 12.5 Å². The van der Waals surface area contributed by atoms with Crippen LogP contribution < -0.4 is 21.1 Å². The number of rotatable bonds is 2. The van der Waals surface area contributed by atoms with E-state index in [1.54, 1.807) is 6.08 Å². The van der Waals surface area contributed by atoms with Crippen LogP contribution in [0.1, 0.15) is 6.42 Å². The zero-order valence-electron chi connectivity index (χ0n) is 15.7. The van der Waals surface area contributed by atoms with Crippen LogP contribution >= 0.6 is 0 Å². The van der Waals surface area contributed by atoms with Crippen molar-refractivity contribution in [3.8, 4) is 5.75 Å². The quantitative estimate of drug-likeness (QED) is 0.676. The highest BCUT2D eigenvalue weighted by atomic mass is 19.1. The molecular weight excluding hydrogens is 373 g/mol. The summed E-state index contributed by atoms with van der Waals surface area (Å²) in [6.45, 7) is 4.20. The second kappa shape index (κ2) is 7.90. The summed E-state index contributed by atoms with van der Waals surface area (Å²) in [6.07, 6.45) is 7.37. The van der Waals surface area contributed by atoms with Crippen molar-refractivity contribution in [3.63, 3.8) is 0 Å². The summed E-state index contributed by atoms with van der Waals surface area (Å²) in [4.78, 5) is 20.4. The molecule has 1 amide bonds. The van der Waals surface area contributed by atoms with Crippen molar-refractivity contribution in [1.82, 2.24) is 9.97 Å². The van der Waals surface area contributed by atoms with E-state index in [0.717, 1.165) is 6.20 Å². The van der Waals surface area contributed by atoms with Gasteiger partial charge in [-0.15, -0.1) is 6.58 Å². The van der Waals surface area contributed by atoms with E-state index in [2.05, 4.69) is 27.2 Å². The number of carbonyl (C=O) groups is 1. The van der Waals surface area contributed by atoms with Crippen molar-refractivity contribution >= 4 is 23.4 Å². The Kier molecular flexibility index (Phi) is 5.16. The zero-order valence-corrected chi connectivity index (χ0v) is 15.7. The van der Waals surface area contributed by atoms with Crippen molar-refractivity contribution in [2.75, 3.05) is 17.2 Å². The predicted octanol–water partition coefficient (Wildman–Crippen LogP) is 3.01. The van der Waals surface area contributed by atoms with Crippen molar-refractivity contribution < 1.29 is 13.9 Å². The van der Waals surface area contributed by atoms with E-state index in [-0.39, 0.29) is 23.6 Å². The van der Waals surface area contributed by atoms with Crippen LogP contribution in [0.5, 0.6) is 5.75 Å². The number of nitrogens with one attached hydrogen (secondary N) is 2. The summed E-state index contributed by atoms with van der Waals surface area (Å²) in [5.41, 5.74) is 6.38. The molecule has 2 aliphatic rings. The van der Waals surface area contributed by atoms with Gasteiger partial charge in [-0.2, -0.15) is 4.98 Å². The fourth-order valence-electron chi connectivity index (χ4n) is 4.02. The van der Waals surface area contributed by atoms with Gasteiger partial charge in [0.15, 0.2) is 11.6 Å². The van der Waals surface area contributed by atoms with Crippen molar-refractivity contribution in [2.24, 2.45) is 23.5 Å². The highest BCUT2D eigenvalue weighted by Gasteiger charge is 2.44. The first-order valence-corrected chi connectivity index (χ1v) is 9.42. The molecular formula is C21H22FN5O2. The first-order chi connectivity index (χ1) is 14.0. The Morgan fingerprint density at radius 1 is 1.41 bits per heavy atom. The van der Waals surface area contributed by atoms with Crippen molar-refractivity contribution in [1.29, 1.82) is 0 Å². The third-order valence-electron chi connectivity index (χ3n) is 5.35. The van der Waals surface area contributed by atoms with E-state index >= 15 is 0 Å². The molecule has 0 saturated heterocycles. The van der Waals surface area contributed by atoms with Gasteiger partial charge in [0.2, 0.25) is 11.9 Å². The molecule has 0 unspecified atom stereocenters. The molecule has 4 bridgehead atoms. The number of halogens is 1. The number of benzene rings is 1. The van der Waals surface area contributed by atoms with Crippen LogP contribution in [0.25, 0.3) is 0 Å². The van der Waals surface area contributed by atoms with Crippen LogP contribution in [0.2, 0.25) is 0 Å². The molecule has 0 radical (unpaired) electrons. The highest BCUT2D eigenvalue weighted by Crippen LogP contribution is 2.40. The van der Waals surface area contributed by atoms with Gasteiger partial charge in [0, 0.05) is 17.8 Å². The summed E-state index contributed by atoms with van der Waals surface area (Å²) in [5, 5.41) is 6.14. The standard InChI is InChI=1S/C21H22FN5O2/c1-2-12-9-13-5-4-8-29-15-7-3-6-14(10-15)25-21-24-11-16(22)20(27-21)26-18(13)17(12)19(23)28/h2-7,10-13,17-18H,1,8-9H2,(H2,23,28)(H2,24,25,26,27)/t12-,13+,17+,18-/m1/s1. The number of primary amides is 1. The SMILES string of the molecule is C=C[C@@H]1C[C@@H]2C=CCOc3cccc(c3)Nc3ncc(F)c(n3)N[C@H]2[C@H]1C(N)=O. The topological polar surface area (TPSA) is 102 Å². The van der Waals surface area contributed by atoms with E-state index in [4.69, 9.17) is 10.5 Å². The van der Waals surface area contributed by atoms with Gasteiger partial charge in [-0.3, -0.25) is 4.79 Å². The Morgan fingerprint density at radius 2 is 2.28 bits per heavy atom. The minimum atomic E-state index is -0.604. The number of allylic oxidation sites excluding steroid dienone is 1. The molecule has 4 N–H and O–H groups in total. The number of hydrogen-bond donors (Lipinski definition) is 3. The molecule has 150 valence electrons. The Hall–Kier alpha value is -3.42. The lowest BCUT2D eigenvalue weighted by Gasteiger charge is -2.25. The van der Waals surface area contributed by atoms with Gasteiger partial charge in [-0.25, -0.2) is 9.37 Å². The number of fused-ring (bicyclic) bond motifs is 5. The molecule has 1 aliphatic heterocycles. The lowest BCUT2D eigenvalue weighted by atomic mass is 9.92. The second-order valence-electron chi connectivity index (χ2n) is 7.18. The first-order valence-electron chi connectivity index (χ1n) is 9.42. The first kappa shape index (κ1) is 18.9. The molecule has 7 nitrogen and oxygen atoms in total. The maximum Gasteiger partial charge on any atom is 0.229 e. The Labute approximate surface area is 167 Å². The summed E-state index contributed by atoms with van der Waals surface area (Å²) in [7, 11) is 0. The molecule has 1 aliphatic carbocycles. The Morgan fingerprint density at radius 3 is 3.07 bits per heavy atom. The number of nitrogens with zero attached hydrogens (tertiary/aromatic N) is 2. The Balaban J connectivity index is 1.76. The second-order valence-corrected chi connectivity index (χ2v) is 7.18. The molecule has 1 aromatic heterocycles. The van der Waals surface area contributed by atoms with Gasteiger partial charge < -0.3 is 21.1 Å². The van der Waals surface area contributed by atoms with Crippen LogP contribution in [-0.4, -0.2) is 28.5 Å². The molecule has 2 heterocycles. The van der Waals surface area contributed by atoms with Gasteiger partial charge in [0.05, 0.1) is 12.1 Å². The van der Waals surface area contributed by atoms with E-state index in [0.29, 0.717) is 24.5 Å². The van der Waals surface area contributed by atoms with Gasteiger partial charge in [-0.1, -0.05) is 24.3 Å². The minimum Gasteiger partial charge on any atom is -0.489 e. The number of hydrogen-bond acceptors (Lipinski definition) is 6. The fraction of sp³-hybridized carbons (Fsp3) is 0.286. The van der Waals surface area contributed by atoms with Gasteiger partial charge in [0.1, 0.15) is 12.4 Å². The molecule has 1 saturated carbocycles. The number of anilines is 3. The summed E-state index contributed by atoms with van der Waals surface area (Å²) in [5.74, 6) is -0.854. The average Bonchev–Trinajstić information content (AvgIpc) is 3.05. The van der Waals surface area contributed by atoms with Crippen LogP contribution in [0, 0.1) is 23.6 Å². The number of carbonyl (C=O) groups excluding carboxylic acids is 1. The van der Waals surface area contributed by atoms with Crippen LogP contribution in [-0.2, 0) is 4.79 Å². The fourth-order valence-corrected chi connectivity index (χ4v) is 4.02. The largest absolute Gasteiger partial charge is 0.489 e. The lowest BCUT2D eigenvalue weighted by molar-refractivity contribution is -0.122. The zero-order chi connectivity index (χ0) is 20.4. The third-order valence-corrected chi connectivity index (χ3v) is 5.35. The maximum atomic E-state index is 14.5. The predicted molar refractivity (Wildman–Crippen MR) is 108 cm³/mol.